The summed E-state index contributed by atoms with van der Waals surface area (Å²) in [7, 11) is 0. The SMILES string of the molecule is CCCCCCC(NC(=O)CCC(=O)NCC(=O)NCC(=O)NCC(=O)NC(C=O)C(=O)O)C(C)=O. The Kier molecular flexibility index (Phi) is 16.5. The lowest BCUT2D eigenvalue weighted by atomic mass is 10.0. The largest absolute Gasteiger partial charge is 0.479 e. The number of aldehydes is 1. The van der Waals surface area contributed by atoms with E-state index < -0.39 is 67.2 Å². The van der Waals surface area contributed by atoms with Gasteiger partial charge in [0.2, 0.25) is 29.5 Å². The van der Waals surface area contributed by atoms with Crippen LogP contribution >= 0.6 is 0 Å². The lowest BCUT2D eigenvalue weighted by Crippen LogP contribution is -2.48. The van der Waals surface area contributed by atoms with Crippen molar-refractivity contribution in [3.63, 3.8) is 0 Å². The summed E-state index contributed by atoms with van der Waals surface area (Å²) in [5.41, 5.74) is 0. The lowest BCUT2D eigenvalue weighted by Gasteiger charge is -2.15. The average molecular weight is 514 g/mol. The fraction of sp³-hybridized carbons (Fsp3) is 0.636. The van der Waals surface area contributed by atoms with Gasteiger partial charge in [-0.05, 0) is 13.3 Å². The summed E-state index contributed by atoms with van der Waals surface area (Å²) in [5.74, 6) is -5.14. The molecule has 0 rings (SSSR count). The van der Waals surface area contributed by atoms with E-state index in [4.69, 9.17) is 5.11 Å². The minimum Gasteiger partial charge on any atom is -0.479 e. The second-order valence-corrected chi connectivity index (χ2v) is 7.93. The third-order valence-electron chi connectivity index (χ3n) is 4.81. The Morgan fingerprint density at radius 3 is 1.75 bits per heavy atom. The molecule has 14 heteroatoms. The summed E-state index contributed by atoms with van der Waals surface area (Å²) in [6, 6.07) is -2.33. The highest BCUT2D eigenvalue weighted by atomic mass is 16.4. The molecule has 6 N–H and O–H groups in total. The molecule has 2 atom stereocenters. The molecule has 0 spiro atoms. The molecule has 0 saturated heterocycles. The molecule has 0 heterocycles. The van der Waals surface area contributed by atoms with Crippen molar-refractivity contribution in [2.75, 3.05) is 19.6 Å². The van der Waals surface area contributed by atoms with Crippen molar-refractivity contribution in [1.82, 2.24) is 26.6 Å². The maximum Gasteiger partial charge on any atom is 0.333 e. The van der Waals surface area contributed by atoms with Crippen LogP contribution in [0, 0.1) is 0 Å². The quantitative estimate of drug-likeness (QED) is 0.0634. The number of carboxylic acids is 1. The summed E-state index contributed by atoms with van der Waals surface area (Å²) in [6.07, 6.45) is 4.06. The van der Waals surface area contributed by atoms with Crippen molar-refractivity contribution >= 4 is 47.6 Å². The summed E-state index contributed by atoms with van der Waals surface area (Å²) in [4.78, 5) is 91.6. The van der Waals surface area contributed by atoms with E-state index in [1.54, 1.807) is 0 Å². The molecule has 0 aliphatic carbocycles. The number of carbonyl (C=O) groups excluding carboxylic acids is 7. The van der Waals surface area contributed by atoms with Gasteiger partial charge in [-0.15, -0.1) is 0 Å². The first-order chi connectivity index (χ1) is 17.0. The van der Waals surface area contributed by atoms with E-state index in [0.717, 1.165) is 25.7 Å². The zero-order chi connectivity index (χ0) is 27.5. The van der Waals surface area contributed by atoms with Crippen LogP contribution in [0.2, 0.25) is 0 Å². The third kappa shape index (κ3) is 15.9. The van der Waals surface area contributed by atoms with Gasteiger partial charge in [0.05, 0.1) is 25.7 Å². The van der Waals surface area contributed by atoms with Crippen molar-refractivity contribution in [3.05, 3.63) is 0 Å². The molecule has 0 saturated carbocycles. The predicted octanol–water partition coefficient (Wildman–Crippen LogP) is -2.07. The van der Waals surface area contributed by atoms with Gasteiger partial charge in [0.1, 0.15) is 0 Å². The summed E-state index contributed by atoms with van der Waals surface area (Å²) >= 11 is 0. The van der Waals surface area contributed by atoms with Crippen LogP contribution < -0.4 is 26.6 Å². The summed E-state index contributed by atoms with van der Waals surface area (Å²) < 4.78 is 0. The lowest BCUT2D eigenvalue weighted by molar-refractivity contribution is -0.143. The number of rotatable bonds is 19. The third-order valence-corrected chi connectivity index (χ3v) is 4.81. The molecule has 0 aromatic rings. The fourth-order valence-corrected chi connectivity index (χ4v) is 2.77. The van der Waals surface area contributed by atoms with E-state index in [1.165, 1.54) is 6.92 Å². The minimum atomic E-state index is -1.74. The van der Waals surface area contributed by atoms with Crippen LogP contribution in [0.5, 0.6) is 0 Å². The van der Waals surface area contributed by atoms with Gasteiger partial charge in [0.25, 0.3) is 0 Å². The molecule has 0 aliphatic heterocycles. The molecule has 0 aromatic carbocycles. The maximum atomic E-state index is 12.0. The van der Waals surface area contributed by atoms with Gasteiger partial charge in [0, 0.05) is 12.8 Å². The number of aliphatic carboxylic acids is 1. The van der Waals surface area contributed by atoms with Crippen LogP contribution in [0.15, 0.2) is 0 Å². The highest BCUT2D eigenvalue weighted by Gasteiger charge is 2.19. The number of unbranched alkanes of at least 4 members (excludes halogenated alkanes) is 3. The van der Waals surface area contributed by atoms with Gasteiger partial charge < -0.3 is 36.5 Å². The van der Waals surface area contributed by atoms with Gasteiger partial charge in [-0.3, -0.25) is 28.8 Å². The topological polar surface area (TPSA) is 217 Å². The fourth-order valence-electron chi connectivity index (χ4n) is 2.77. The number of ketones is 1. The number of hydrogen-bond acceptors (Lipinski definition) is 8. The predicted molar refractivity (Wildman–Crippen MR) is 125 cm³/mol. The Balaban J connectivity index is 4.14. The molecule has 0 bridgehead atoms. The first-order valence-electron chi connectivity index (χ1n) is 11.6. The van der Waals surface area contributed by atoms with Crippen molar-refractivity contribution in [1.29, 1.82) is 0 Å². The average Bonchev–Trinajstić information content (AvgIpc) is 2.83. The second-order valence-electron chi connectivity index (χ2n) is 7.93. The van der Waals surface area contributed by atoms with Crippen molar-refractivity contribution in [3.8, 4) is 0 Å². The summed E-state index contributed by atoms with van der Waals surface area (Å²) in [5, 5.41) is 19.7. The maximum absolute atomic E-state index is 12.0. The van der Waals surface area contributed by atoms with Crippen LogP contribution in [-0.2, 0) is 38.4 Å². The minimum absolute atomic E-state index is 0.0153. The Morgan fingerprint density at radius 2 is 1.25 bits per heavy atom. The highest BCUT2D eigenvalue weighted by Crippen LogP contribution is 2.07. The molecule has 0 fully saturated rings. The number of carbonyl (C=O) groups is 8. The van der Waals surface area contributed by atoms with Crippen LogP contribution in [0.3, 0.4) is 0 Å². The monoisotopic (exact) mass is 513 g/mol. The molecule has 0 radical (unpaired) electrons. The van der Waals surface area contributed by atoms with E-state index in [1.807, 2.05) is 5.32 Å². The molecule has 5 amide bonds. The van der Waals surface area contributed by atoms with Gasteiger partial charge in [-0.25, -0.2) is 4.79 Å². The van der Waals surface area contributed by atoms with E-state index in [9.17, 15) is 38.4 Å². The zero-order valence-electron chi connectivity index (χ0n) is 20.5. The van der Waals surface area contributed by atoms with E-state index >= 15 is 0 Å². The number of amides is 5. The Morgan fingerprint density at radius 1 is 0.722 bits per heavy atom. The van der Waals surface area contributed by atoms with Crippen LogP contribution in [-0.4, -0.2) is 84.4 Å². The van der Waals surface area contributed by atoms with Crippen molar-refractivity contribution in [2.24, 2.45) is 0 Å². The van der Waals surface area contributed by atoms with E-state index in [-0.39, 0.29) is 24.9 Å². The first-order valence-corrected chi connectivity index (χ1v) is 11.6. The van der Waals surface area contributed by atoms with Gasteiger partial charge in [-0.1, -0.05) is 32.6 Å². The Hall–Kier alpha value is -3.84. The van der Waals surface area contributed by atoms with E-state index in [2.05, 4.69) is 28.2 Å². The zero-order valence-corrected chi connectivity index (χ0v) is 20.5. The summed E-state index contributed by atoms with van der Waals surface area (Å²) in [6.45, 7) is 1.87. The standard InChI is InChI=1S/C22H35N5O9/c1-3-4-5-6-7-15(14(2)29)26-18(31)9-8-17(30)23-10-19(32)24-11-20(33)25-12-21(34)27-16(13-28)22(35)36/h13,15-16H,3-12H2,1-2H3,(H,23,30)(H,24,32)(H,25,33)(H,26,31)(H,27,34)(H,35,36). The smallest absolute Gasteiger partial charge is 0.333 e. The number of hydrogen-bond donors (Lipinski definition) is 6. The molecule has 14 nitrogen and oxygen atoms in total. The molecular formula is C22H35N5O9. The molecular weight excluding hydrogens is 478 g/mol. The van der Waals surface area contributed by atoms with E-state index in [0.29, 0.717) is 6.42 Å². The van der Waals surface area contributed by atoms with Gasteiger partial charge in [-0.2, -0.15) is 0 Å². The molecule has 2 unspecified atom stereocenters. The van der Waals surface area contributed by atoms with Crippen molar-refractivity contribution < 1.29 is 43.5 Å². The molecule has 202 valence electrons. The Bertz CT molecular complexity index is 816. The molecule has 36 heavy (non-hydrogen) atoms. The highest BCUT2D eigenvalue weighted by molar-refractivity contribution is 5.97. The number of carboxylic acid groups (broad SMARTS) is 1. The normalized spacial score (nSPS) is 11.8. The number of nitrogens with one attached hydrogen (secondary N) is 5. The first kappa shape index (κ1) is 32.2. The Labute approximate surface area is 208 Å². The van der Waals surface area contributed by atoms with Crippen LogP contribution in [0.4, 0.5) is 0 Å². The van der Waals surface area contributed by atoms with Gasteiger partial charge >= 0.3 is 5.97 Å². The molecule has 0 aromatic heterocycles. The number of Topliss-reactive ketones (excluding diaryl/α,β-unsaturated/α-hetero) is 1. The second kappa shape index (κ2) is 18.5. The van der Waals surface area contributed by atoms with Crippen LogP contribution in [0.1, 0.15) is 58.8 Å². The molecule has 0 aliphatic rings. The van der Waals surface area contributed by atoms with Crippen LogP contribution in [0.25, 0.3) is 0 Å². The van der Waals surface area contributed by atoms with Gasteiger partial charge in [0.15, 0.2) is 18.1 Å². The van der Waals surface area contributed by atoms with Crippen molar-refractivity contribution in [2.45, 2.75) is 70.9 Å².